The van der Waals surface area contributed by atoms with Crippen molar-refractivity contribution in [2.45, 2.75) is 29.6 Å². The molecule has 0 aliphatic carbocycles. The van der Waals surface area contributed by atoms with Crippen molar-refractivity contribution in [3.8, 4) is 11.1 Å². The lowest BCUT2D eigenvalue weighted by Gasteiger charge is -2.17. The first kappa shape index (κ1) is 25.0. The molecule has 0 heterocycles. The van der Waals surface area contributed by atoms with Crippen molar-refractivity contribution in [3.63, 3.8) is 0 Å². The Morgan fingerprint density at radius 2 is 1.41 bits per heavy atom. The lowest BCUT2D eigenvalue weighted by Crippen LogP contribution is -2.24. The highest BCUT2D eigenvalue weighted by Gasteiger charge is 2.21. The van der Waals surface area contributed by atoms with Crippen LogP contribution in [0, 0.1) is 0 Å². The number of halogens is 2. The summed E-state index contributed by atoms with van der Waals surface area (Å²) in [5, 5.41) is 13.6. The maximum atomic E-state index is 12.9. The molecule has 0 aromatic heterocycles. The first-order valence-electron chi connectivity index (χ1n) is 10.3. The number of carbonyl (C=O) groups is 1. The van der Waals surface area contributed by atoms with Crippen LogP contribution in [0.4, 0.5) is 5.69 Å². The first-order chi connectivity index (χ1) is 15.5. The lowest BCUT2D eigenvalue weighted by atomic mass is 9.99. The van der Waals surface area contributed by atoms with Gasteiger partial charge in [0.05, 0.1) is 22.6 Å². The molecular weight excluding hydrogens is 481 g/mol. The van der Waals surface area contributed by atoms with Gasteiger partial charge in [0.15, 0.2) is 0 Å². The van der Waals surface area contributed by atoms with Crippen molar-refractivity contribution in [1.29, 1.82) is 0 Å². The number of aliphatic hydroxyl groups is 1. The Morgan fingerprint density at radius 3 is 1.88 bits per heavy atom. The zero-order valence-electron chi connectivity index (χ0n) is 17.9. The van der Waals surface area contributed by atoms with Gasteiger partial charge in [0.1, 0.15) is 0 Å². The Balaban J connectivity index is 1.78. The number of nitrogens with one attached hydrogen (secondary N) is 1. The highest BCUT2D eigenvalue weighted by Crippen LogP contribution is 2.38. The Labute approximate surface area is 207 Å². The predicted octanol–water partition coefficient (Wildman–Crippen LogP) is 7.60. The topological polar surface area (TPSA) is 49.3 Å². The predicted molar refractivity (Wildman–Crippen MR) is 140 cm³/mol. The van der Waals surface area contributed by atoms with Crippen LogP contribution in [-0.4, -0.2) is 29.1 Å². The highest BCUT2D eigenvalue weighted by atomic mass is 35.5. The summed E-state index contributed by atoms with van der Waals surface area (Å²) in [5.41, 5.74) is 2.88. The van der Waals surface area contributed by atoms with Gasteiger partial charge in [-0.3, -0.25) is 4.79 Å². The van der Waals surface area contributed by atoms with Crippen molar-refractivity contribution in [2.24, 2.45) is 0 Å². The van der Waals surface area contributed by atoms with Crippen molar-refractivity contribution >= 4 is 58.3 Å². The van der Waals surface area contributed by atoms with E-state index in [4.69, 9.17) is 23.2 Å². The summed E-state index contributed by atoms with van der Waals surface area (Å²) in [7, 11) is 0. The van der Waals surface area contributed by atoms with E-state index in [1.807, 2.05) is 48.5 Å². The van der Waals surface area contributed by atoms with Gasteiger partial charge in [-0.25, -0.2) is 0 Å². The Bertz CT molecular complexity index is 1030. The number of benzene rings is 3. The monoisotopic (exact) mass is 505 g/mol. The van der Waals surface area contributed by atoms with Gasteiger partial charge < -0.3 is 10.4 Å². The summed E-state index contributed by atoms with van der Waals surface area (Å²) in [6.45, 7) is 3.90. The van der Waals surface area contributed by atoms with Crippen molar-refractivity contribution in [2.75, 3.05) is 23.4 Å². The van der Waals surface area contributed by atoms with E-state index in [9.17, 15) is 9.90 Å². The molecular formula is C25H25Cl2NO2S2. The van der Waals surface area contributed by atoms with E-state index >= 15 is 0 Å². The Kier molecular flexibility index (Phi) is 9.38. The standard InChI is InChI=1S/C25H25Cl2NO2S2/c1-3-31-19-9-5-16(6-10-19)21(15-29)25(30)28-18-13-22(26)24(23(27)14-18)17-7-11-20(12-8-17)32-4-2/h5-14,21,29H,3-4,15H2,1-2H3,(H,28,30). The number of aliphatic hydroxyl groups excluding tert-OH is 1. The van der Waals surface area contributed by atoms with Crippen LogP contribution < -0.4 is 5.32 Å². The molecule has 3 rings (SSSR count). The number of rotatable bonds is 9. The van der Waals surface area contributed by atoms with Gasteiger partial charge in [0.25, 0.3) is 0 Å². The van der Waals surface area contributed by atoms with Crippen LogP contribution >= 0.6 is 46.7 Å². The van der Waals surface area contributed by atoms with E-state index in [1.165, 1.54) is 4.90 Å². The summed E-state index contributed by atoms with van der Waals surface area (Å²) >= 11 is 16.6. The summed E-state index contributed by atoms with van der Waals surface area (Å²) in [6.07, 6.45) is 0. The minimum Gasteiger partial charge on any atom is -0.395 e. The van der Waals surface area contributed by atoms with Gasteiger partial charge in [-0.2, -0.15) is 0 Å². The normalized spacial score (nSPS) is 11.9. The minimum absolute atomic E-state index is 0.298. The van der Waals surface area contributed by atoms with E-state index < -0.39 is 5.92 Å². The molecule has 0 aliphatic rings. The molecule has 3 nitrogen and oxygen atoms in total. The molecule has 0 bridgehead atoms. The van der Waals surface area contributed by atoms with E-state index in [1.54, 1.807) is 35.7 Å². The first-order valence-corrected chi connectivity index (χ1v) is 13.1. The van der Waals surface area contributed by atoms with Crippen molar-refractivity contribution in [1.82, 2.24) is 0 Å². The third kappa shape index (κ3) is 6.24. The Hall–Kier alpha value is -1.63. The second-order valence-electron chi connectivity index (χ2n) is 7.00. The third-order valence-corrected chi connectivity index (χ3v) is 7.24. The number of anilines is 1. The molecule has 1 unspecified atom stereocenters. The van der Waals surface area contributed by atoms with Crippen LogP contribution in [0.5, 0.6) is 0 Å². The fourth-order valence-corrected chi connectivity index (χ4v) is 5.37. The molecule has 0 saturated heterocycles. The smallest absolute Gasteiger partial charge is 0.234 e. The van der Waals surface area contributed by atoms with Crippen LogP contribution in [0.1, 0.15) is 25.3 Å². The minimum atomic E-state index is -0.684. The van der Waals surface area contributed by atoms with Crippen LogP contribution in [0.25, 0.3) is 11.1 Å². The number of thioether (sulfide) groups is 2. The maximum absolute atomic E-state index is 12.9. The second-order valence-corrected chi connectivity index (χ2v) is 10.5. The quantitative estimate of drug-likeness (QED) is 0.294. The van der Waals surface area contributed by atoms with Crippen LogP contribution in [0.2, 0.25) is 10.0 Å². The van der Waals surface area contributed by atoms with Gasteiger partial charge in [-0.1, -0.05) is 61.3 Å². The van der Waals surface area contributed by atoms with Gasteiger partial charge in [-0.05, 0) is 59.0 Å². The average molecular weight is 507 g/mol. The molecule has 0 fully saturated rings. The summed E-state index contributed by atoms with van der Waals surface area (Å²) in [6, 6.07) is 19.1. The van der Waals surface area contributed by atoms with Gasteiger partial charge in [-0.15, -0.1) is 23.5 Å². The van der Waals surface area contributed by atoms with Crippen LogP contribution in [0.15, 0.2) is 70.5 Å². The SMILES string of the molecule is CCSc1ccc(-c2c(Cl)cc(NC(=O)C(CO)c3ccc(SCC)cc3)cc2Cl)cc1. The number of carbonyl (C=O) groups excluding carboxylic acids is 1. The molecule has 32 heavy (non-hydrogen) atoms. The Morgan fingerprint density at radius 1 is 0.906 bits per heavy atom. The molecule has 1 amide bonds. The molecule has 0 saturated carbocycles. The van der Waals surface area contributed by atoms with Gasteiger partial charge in [0, 0.05) is 21.0 Å². The number of hydrogen-bond donors (Lipinski definition) is 2. The van der Waals surface area contributed by atoms with E-state index in [2.05, 4.69) is 19.2 Å². The van der Waals surface area contributed by atoms with E-state index in [-0.39, 0.29) is 12.5 Å². The van der Waals surface area contributed by atoms with Crippen LogP contribution in [-0.2, 0) is 4.79 Å². The summed E-state index contributed by atoms with van der Waals surface area (Å²) < 4.78 is 0. The largest absolute Gasteiger partial charge is 0.395 e. The molecule has 2 N–H and O–H groups in total. The van der Waals surface area contributed by atoms with Gasteiger partial charge >= 0.3 is 0 Å². The lowest BCUT2D eigenvalue weighted by molar-refractivity contribution is -0.118. The average Bonchev–Trinajstić information content (AvgIpc) is 2.76. The highest BCUT2D eigenvalue weighted by molar-refractivity contribution is 7.99. The zero-order chi connectivity index (χ0) is 23.1. The summed E-state index contributed by atoms with van der Waals surface area (Å²) in [4.78, 5) is 15.2. The molecule has 0 spiro atoms. The number of amides is 1. The summed E-state index contributed by atoms with van der Waals surface area (Å²) in [5.74, 6) is 0.981. The molecule has 1 atom stereocenters. The third-order valence-electron chi connectivity index (χ3n) is 4.86. The molecule has 0 aliphatic heterocycles. The molecule has 3 aromatic carbocycles. The fraction of sp³-hybridized carbons (Fsp3) is 0.240. The molecule has 3 aromatic rings. The zero-order valence-corrected chi connectivity index (χ0v) is 21.0. The van der Waals surface area contributed by atoms with Crippen LogP contribution in [0.3, 0.4) is 0 Å². The molecule has 0 radical (unpaired) electrons. The van der Waals surface area contributed by atoms with E-state index in [0.29, 0.717) is 15.7 Å². The second kappa shape index (κ2) is 12.0. The maximum Gasteiger partial charge on any atom is 0.234 e. The fourth-order valence-electron chi connectivity index (χ4n) is 3.34. The van der Waals surface area contributed by atoms with Crippen molar-refractivity contribution < 1.29 is 9.90 Å². The van der Waals surface area contributed by atoms with E-state index in [0.717, 1.165) is 33.1 Å². The molecule has 168 valence electrons. The van der Waals surface area contributed by atoms with Gasteiger partial charge in [0.2, 0.25) is 5.91 Å². The van der Waals surface area contributed by atoms with Crippen molar-refractivity contribution in [3.05, 3.63) is 76.3 Å². The number of hydrogen-bond acceptors (Lipinski definition) is 4. The molecule has 7 heteroatoms.